The van der Waals surface area contributed by atoms with Crippen LogP contribution in [0.1, 0.15) is 32.7 Å². The van der Waals surface area contributed by atoms with E-state index in [0.717, 1.165) is 22.2 Å². The molecule has 3 aromatic carbocycles. The largest absolute Gasteiger partial charge is 0.438 e. The number of aromatic nitrogens is 2. The van der Waals surface area contributed by atoms with E-state index in [1.54, 1.807) is 24.3 Å². The van der Waals surface area contributed by atoms with Crippen LogP contribution >= 0.6 is 11.3 Å². The van der Waals surface area contributed by atoms with Crippen LogP contribution in [0.25, 0.3) is 10.2 Å². The predicted octanol–water partition coefficient (Wildman–Crippen LogP) is 4.67. The lowest BCUT2D eigenvalue weighted by Crippen LogP contribution is -2.30. The third-order valence-electron chi connectivity index (χ3n) is 5.46. The number of carbonyl (C=O) groups excluding carboxylic acids is 1. The number of thiazole rings is 1. The smallest absolute Gasteiger partial charge is 0.293 e. The van der Waals surface area contributed by atoms with Crippen LogP contribution in [-0.2, 0) is 16.4 Å². The van der Waals surface area contributed by atoms with Gasteiger partial charge in [-0.3, -0.25) is 4.79 Å². The molecule has 2 aromatic heterocycles. The first-order chi connectivity index (χ1) is 17.9. The van der Waals surface area contributed by atoms with Gasteiger partial charge < -0.3 is 9.73 Å². The second-order valence-corrected chi connectivity index (χ2v) is 10.8. The molecule has 0 radical (unpaired) electrons. The number of amides is 1. The molecule has 9 nitrogen and oxygen atoms in total. The minimum atomic E-state index is -4.03. The lowest BCUT2D eigenvalue weighted by atomic mass is 10.0. The predicted molar refractivity (Wildman–Crippen MR) is 138 cm³/mol. The fourth-order valence-electron chi connectivity index (χ4n) is 3.74. The number of hydrogen-bond acceptors (Lipinski definition) is 8. The summed E-state index contributed by atoms with van der Waals surface area (Å²) in [4.78, 5) is 20.6. The van der Waals surface area contributed by atoms with Gasteiger partial charge >= 0.3 is 0 Å². The van der Waals surface area contributed by atoms with Crippen molar-refractivity contribution in [3.05, 3.63) is 107 Å². The van der Waals surface area contributed by atoms with Crippen LogP contribution < -0.4 is 10.0 Å². The Morgan fingerprint density at radius 3 is 2.70 bits per heavy atom. The maximum absolute atomic E-state index is 13.5. The van der Waals surface area contributed by atoms with Crippen LogP contribution in [0.2, 0.25) is 0 Å². The first-order valence-electron chi connectivity index (χ1n) is 11.1. The third-order valence-corrected chi connectivity index (χ3v) is 8.08. The average Bonchev–Trinajstić information content (AvgIpc) is 3.59. The Balaban J connectivity index is 1.45. The Labute approximate surface area is 216 Å². The van der Waals surface area contributed by atoms with Crippen LogP contribution in [-0.4, -0.2) is 24.3 Å². The van der Waals surface area contributed by atoms with Crippen molar-refractivity contribution in [1.82, 2.24) is 14.7 Å². The Morgan fingerprint density at radius 1 is 1.08 bits per heavy atom. The molecule has 1 amide bonds. The summed E-state index contributed by atoms with van der Waals surface area (Å²) in [5.74, 6) is -0.549. The van der Waals surface area contributed by atoms with Crippen LogP contribution in [0.4, 0.5) is 5.69 Å². The molecule has 5 aromatic rings. The highest BCUT2D eigenvalue weighted by Crippen LogP contribution is 2.30. The van der Waals surface area contributed by atoms with Gasteiger partial charge in [-0.15, -0.1) is 11.3 Å². The molecule has 0 fully saturated rings. The Bertz CT molecular complexity index is 1690. The van der Waals surface area contributed by atoms with E-state index >= 15 is 0 Å². The first kappa shape index (κ1) is 24.3. The molecule has 0 aliphatic heterocycles. The molecule has 0 bridgehead atoms. The van der Waals surface area contributed by atoms with Gasteiger partial charge in [0.05, 0.1) is 39.0 Å². The van der Waals surface area contributed by atoms with E-state index in [0.29, 0.717) is 10.6 Å². The van der Waals surface area contributed by atoms with Gasteiger partial charge in [-0.25, -0.2) is 23.1 Å². The summed E-state index contributed by atoms with van der Waals surface area (Å²) in [7, 11) is -4.03. The first-order valence-corrected chi connectivity index (χ1v) is 13.4. The monoisotopic (exact) mass is 529 g/mol. The normalized spacial score (nSPS) is 12.2. The average molecular weight is 530 g/mol. The quantitative estimate of drug-likeness (QED) is 0.298. The van der Waals surface area contributed by atoms with Gasteiger partial charge in [0.1, 0.15) is 5.01 Å². The number of nitrogens with zero attached hydrogens (tertiary/aromatic N) is 3. The third kappa shape index (κ3) is 5.57. The zero-order chi connectivity index (χ0) is 25.8. The maximum Gasteiger partial charge on any atom is 0.293 e. The minimum absolute atomic E-state index is 0.00175. The molecule has 5 rings (SSSR count). The molecule has 184 valence electrons. The lowest BCUT2D eigenvalue weighted by molar-refractivity contribution is 0.0996. The molecule has 2 heterocycles. The highest BCUT2D eigenvalue weighted by Gasteiger charge is 2.25. The highest BCUT2D eigenvalue weighted by molar-refractivity contribution is 7.89. The number of hydrogen-bond donors (Lipinski definition) is 2. The maximum atomic E-state index is 13.5. The molecule has 1 atom stereocenters. The summed E-state index contributed by atoms with van der Waals surface area (Å²) >= 11 is 1.40. The molecule has 11 heteroatoms. The van der Waals surface area contributed by atoms with E-state index in [-0.39, 0.29) is 22.8 Å². The van der Waals surface area contributed by atoms with Crippen molar-refractivity contribution in [2.75, 3.05) is 5.32 Å². The number of sulfonamides is 1. The van der Waals surface area contributed by atoms with Crippen molar-refractivity contribution in [2.24, 2.45) is 0 Å². The van der Waals surface area contributed by atoms with Crippen LogP contribution in [0.5, 0.6) is 0 Å². The second kappa shape index (κ2) is 10.3. The topological polar surface area (TPSA) is 138 Å². The summed E-state index contributed by atoms with van der Waals surface area (Å²) in [6.45, 7) is 0. The van der Waals surface area contributed by atoms with Crippen molar-refractivity contribution in [2.45, 2.75) is 17.4 Å². The van der Waals surface area contributed by atoms with Gasteiger partial charge in [-0.2, -0.15) is 5.26 Å². The number of para-hydroxylation sites is 1. The Hall–Kier alpha value is -4.37. The molecule has 37 heavy (non-hydrogen) atoms. The molecule has 1 unspecified atom stereocenters. The second-order valence-electron chi connectivity index (χ2n) is 8.06. The van der Waals surface area contributed by atoms with Gasteiger partial charge in [-0.1, -0.05) is 30.3 Å². The number of benzene rings is 3. The van der Waals surface area contributed by atoms with E-state index in [1.807, 2.05) is 30.3 Å². The van der Waals surface area contributed by atoms with Gasteiger partial charge in [-0.05, 0) is 54.4 Å². The standard InChI is InChI=1S/C26H19N5O4S2/c27-14-18-6-3-5-17(11-18)12-22(26-30-21-9-1-2-10-24(21)36-26)31-37(33,34)20-8-4-7-19(13-20)29-25(32)23-15-28-16-35-23/h1-11,13,15-16,22,31H,12H2,(H,29,32). The molecule has 0 saturated carbocycles. The van der Waals surface area contributed by atoms with Crippen LogP contribution in [0.3, 0.4) is 0 Å². The molecule has 0 aliphatic rings. The molecule has 2 N–H and O–H groups in total. The molecule has 0 spiro atoms. The van der Waals surface area contributed by atoms with Crippen molar-refractivity contribution in [3.63, 3.8) is 0 Å². The van der Waals surface area contributed by atoms with Crippen molar-refractivity contribution in [3.8, 4) is 6.07 Å². The van der Waals surface area contributed by atoms with Gasteiger partial charge in [0.2, 0.25) is 15.8 Å². The fourth-order valence-corrected chi connectivity index (χ4v) is 6.08. The summed E-state index contributed by atoms with van der Waals surface area (Å²) in [5, 5.41) is 12.5. The molecular weight excluding hydrogens is 510 g/mol. The minimum Gasteiger partial charge on any atom is -0.438 e. The van der Waals surface area contributed by atoms with E-state index < -0.39 is 22.0 Å². The molecule has 0 aliphatic carbocycles. The number of anilines is 1. The van der Waals surface area contributed by atoms with E-state index in [1.165, 1.54) is 35.7 Å². The molecular formula is C26H19N5O4S2. The number of oxazole rings is 1. The van der Waals surface area contributed by atoms with E-state index in [2.05, 4.69) is 26.1 Å². The summed E-state index contributed by atoms with van der Waals surface area (Å²) in [6.07, 6.45) is 2.69. The number of fused-ring (bicyclic) bond motifs is 1. The fraction of sp³-hybridized carbons (Fsp3) is 0.0769. The van der Waals surface area contributed by atoms with Crippen molar-refractivity contribution in [1.29, 1.82) is 5.26 Å². The van der Waals surface area contributed by atoms with E-state index in [9.17, 15) is 18.5 Å². The van der Waals surface area contributed by atoms with Crippen molar-refractivity contribution < 1.29 is 17.6 Å². The van der Waals surface area contributed by atoms with E-state index in [4.69, 9.17) is 4.42 Å². The zero-order valence-electron chi connectivity index (χ0n) is 19.2. The van der Waals surface area contributed by atoms with Gasteiger partial charge in [0, 0.05) is 5.69 Å². The summed E-state index contributed by atoms with van der Waals surface area (Å²) in [6, 6.07) is 21.9. The van der Waals surface area contributed by atoms with Gasteiger partial charge in [0.15, 0.2) is 6.39 Å². The molecule has 0 saturated heterocycles. The number of nitriles is 1. The van der Waals surface area contributed by atoms with Crippen LogP contribution in [0, 0.1) is 11.3 Å². The zero-order valence-corrected chi connectivity index (χ0v) is 20.8. The van der Waals surface area contributed by atoms with Crippen LogP contribution in [0.15, 0.2) is 94.7 Å². The highest BCUT2D eigenvalue weighted by atomic mass is 32.2. The Morgan fingerprint density at radius 2 is 1.92 bits per heavy atom. The van der Waals surface area contributed by atoms with Gasteiger partial charge in [0.25, 0.3) is 5.91 Å². The number of nitrogens with one attached hydrogen (secondary N) is 2. The van der Waals surface area contributed by atoms with Crippen molar-refractivity contribution >= 4 is 43.2 Å². The summed E-state index contributed by atoms with van der Waals surface area (Å²) < 4.78 is 35.7. The number of carbonyl (C=O) groups is 1. The Kier molecular flexibility index (Phi) is 6.78. The SMILES string of the molecule is N#Cc1cccc(CC(NS(=O)(=O)c2cccc(NC(=O)c3cnco3)c2)c2nc3ccccc3s2)c1. The lowest BCUT2D eigenvalue weighted by Gasteiger charge is -2.17. The number of rotatable bonds is 8. The summed E-state index contributed by atoms with van der Waals surface area (Å²) in [5.41, 5.74) is 2.33.